The Kier molecular flexibility index (Phi) is 9.54. The SMILES string of the molecule is CSc1ccc(NC(=O)COC(=O)[C@H](Cc2ccccc2)NC(=O)OCc2ccccc2)cc1. The van der Waals surface area contributed by atoms with Gasteiger partial charge in [0.2, 0.25) is 0 Å². The summed E-state index contributed by atoms with van der Waals surface area (Å²) in [5, 5.41) is 5.23. The highest BCUT2D eigenvalue weighted by atomic mass is 32.2. The fourth-order valence-electron chi connectivity index (χ4n) is 3.06. The van der Waals surface area contributed by atoms with Crippen molar-refractivity contribution in [1.82, 2.24) is 5.32 Å². The number of anilines is 1. The molecule has 0 spiro atoms. The number of carbonyl (C=O) groups excluding carboxylic acids is 3. The van der Waals surface area contributed by atoms with E-state index in [1.165, 1.54) is 0 Å². The van der Waals surface area contributed by atoms with Gasteiger partial charge in [0, 0.05) is 17.0 Å². The summed E-state index contributed by atoms with van der Waals surface area (Å²) in [4.78, 5) is 38.3. The summed E-state index contributed by atoms with van der Waals surface area (Å²) in [7, 11) is 0. The van der Waals surface area contributed by atoms with Crippen LogP contribution in [0.1, 0.15) is 11.1 Å². The molecule has 0 radical (unpaired) electrons. The first-order chi connectivity index (χ1) is 16.5. The quantitative estimate of drug-likeness (QED) is 0.331. The minimum absolute atomic E-state index is 0.0670. The van der Waals surface area contributed by atoms with E-state index in [2.05, 4.69) is 10.6 Å². The number of ether oxygens (including phenoxy) is 2. The third-order valence-corrected chi connectivity index (χ3v) is 5.53. The smallest absolute Gasteiger partial charge is 0.408 e. The van der Waals surface area contributed by atoms with Crippen LogP contribution >= 0.6 is 11.8 Å². The molecule has 0 fully saturated rings. The second kappa shape index (κ2) is 13.1. The predicted octanol–water partition coefficient (Wildman–Crippen LogP) is 4.43. The molecule has 7 nitrogen and oxygen atoms in total. The lowest BCUT2D eigenvalue weighted by atomic mass is 10.1. The van der Waals surface area contributed by atoms with Gasteiger partial charge in [0.1, 0.15) is 12.6 Å². The molecule has 2 N–H and O–H groups in total. The first-order valence-corrected chi connectivity index (χ1v) is 11.9. The molecule has 8 heteroatoms. The Morgan fingerprint density at radius 2 is 1.44 bits per heavy atom. The van der Waals surface area contributed by atoms with Crippen molar-refractivity contribution < 1.29 is 23.9 Å². The summed E-state index contributed by atoms with van der Waals surface area (Å²) >= 11 is 1.59. The highest BCUT2D eigenvalue weighted by molar-refractivity contribution is 7.98. The van der Waals surface area contributed by atoms with Crippen molar-refractivity contribution >= 4 is 35.4 Å². The van der Waals surface area contributed by atoms with Gasteiger partial charge in [-0.1, -0.05) is 60.7 Å². The molecule has 3 aromatic carbocycles. The van der Waals surface area contributed by atoms with Crippen LogP contribution in [0.25, 0.3) is 0 Å². The van der Waals surface area contributed by atoms with Crippen LogP contribution < -0.4 is 10.6 Å². The van der Waals surface area contributed by atoms with Crippen molar-refractivity contribution in [2.75, 3.05) is 18.2 Å². The zero-order chi connectivity index (χ0) is 24.2. The monoisotopic (exact) mass is 478 g/mol. The van der Waals surface area contributed by atoms with E-state index >= 15 is 0 Å². The van der Waals surface area contributed by atoms with Crippen molar-refractivity contribution in [2.45, 2.75) is 24.0 Å². The molecule has 0 saturated carbocycles. The van der Waals surface area contributed by atoms with Crippen LogP contribution in [0.5, 0.6) is 0 Å². The summed E-state index contributed by atoms with van der Waals surface area (Å²) in [5.74, 6) is -1.20. The Hall–Kier alpha value is -3.78. The standard InChI is InChI=1S/C26H26N2O5S/c1-34-22-14-12-21(13-15-22)27-24(29)18-32-25(30)23(16-19-8-4-2-5-9-19)28-26(31)33-17-20-10-6-3-7-11-20/h2-15,23H,16-18H2,1H3,(H,27,29)(H,28,31)/t23-/m0/s1. The molecule has 1 atom stereocenters. The average molecular weight is 479 g/mol. The van der Waals surface area contributed by atoms with Crippen LogP contribution in [0.15, 0.2) is 89.8 Å². The van der Waals surface area contributed by atoms with Gasteiger partial charge in [-0.05, 0) is 41.6 Å². The Morgan fingerprint density at radius 1 is 0.824 bits per heavy atom. The third kappa shape index (κ3) is 8.29. The minimum Gasteiger partial charge on any atom is -0.454 e. The fourth-order valence-corrected chi connectivity index (χ4v) is 3.47. The van der Waals surface area contributed by atoms with Crippen LogP contribution in [0.4, 0.5) is 10.5 Å². The van der Waals surface area contributed by atoms with Crippen molar-refractivity contribution in [2.24, 2.45) is 0 Å². The van der Waals surface area contributed by atoms with Crippen molar-refractivity contribution in [3.8, 4) is 0 Å². The van der Waals surface area contributed by atoms with Gasteiger partial charge in [-0.3, -0.25) is 4.79 Å². The van der Waals surface area contributed by atoms with Crippen molar-refractivity contribution in [3.63, 3.8) is 0 Å². The zero-order valence-corrected chi connectivity index (χ0v) is 19.5. The van der Waals surface area contributed by atoms with Gasteiger partial charge < -0.3 is 20.1 Å². The van der Waals surface area contributed by atoms with Crippen LogP contribution in [0.3, 0.4) is 0 Å². The van der Waals surface area contributed by atoms with E-state index in [1.807, 2.05) is 79.1 Å². The topological polar surface area (TPSA) is 93.7 Å². The Balaban J connectivity index is 1.55. The summed E-state index contributed by atoms with van der Waals surface area (Å²) in [6, 6.07) is 24.7. The van der Waals surface area contributed by atoms with E-state index in [1.54, 1.807) is 23.9 Å². The lowest BCUT2D eigenvalue weighted by molar-refractivity contribution is -0.149. The number of nitrogens with one attached hydrogen (secondary N) is 2. The van der Waals surface area contributed by atoms with Gasteiger partial charge in [0.05, 0.1) is 0 Å². The molecular weight excluding hydrogens is 452 g/mol. The van der Waals surface area contributed by atoms with Gasteiger partial charge in [-0.2, -0.15) is 0 Å². The van der Waals surface area contributed by atoms with Crippen LogP contribution in [0, 0.1) is 0 Å². The summed E-state index contributed by atoms with van der Waals surface area (Å²) in [6.07, 6.45) is 1.41. The number of rotatable bonds is 10. The number of alkyl carbamates (subject to hydrolysis) is 1. The average Bonchev–Trinajstić information content (AvgIpc) is 2.87. The number of amides is 2. The molecule has 0 aromatic heterocycles. The van der Waals surface area contributed by atoms with Gasteiger partial charge in [-0.25, -0.2) is 9.59 Å². The molecule has 0 unspecified atom stereocenters. The lowest BCUT2D eigenvalue weighted by Crippen LogP contribution is -2.44. The zero-order valence-electron chi connectivity index (χ0n) is 18.7. The number of benzene rings is 3. The molecule has 34 heavy (non-hydrogen) atoms. The maximum atomic E-state index is 12.7. The fraction of sp³-hybridized carbons (Fsp3) is 0.192. The molecule has 3 rings (SSSR count). The summed E-state index contributed by atoms with van der Waals surface area (Å²) in [6.45, 7) is -0.410. The van der Waals surface area contributed by atoms with Gasteiger partial charge in [0.15, 0.2) is 6.61 Å². The molecule has 0 heterocycles. The number of hydrogen-bond acceptors (Lipinski definition) is 6. The van der Waals surface area contributed by atoms with Crippen LogP contribution in [0.2, 0.25) is 0 Å². The molecule has 176 valence electrons. The molecule has 0 saturated heterocycles. The van der Waals surface area contributed by atoms with E-state index in [4.69, 9.17) is 9.47 Å². The molecule has 3 aromatic rings. The first kappa shape index (κ1) is 24.9. The molecular formula is C26H26N2O5S. The minimum atomic E-state index is -1.01. The summed E-state index contributed by atoms with van der Waals surface area (Å²) in [5.41, 5.74) is 2.25. The van der Waals surface area contributed by atoms with Gasteiger partial charge >= 0.3 is 12.1 Å². The van der Waals surface area contributed by atoms with E-state index in [0.717, 1.165) is 16.0 Å². The lowest BCUT2D eigenvalue weighted by Gasteiger charge is -2.18. The molecule has 2 amide bonds. The highest BCUT2D eigenvalue weighted by Crippen LogP contribution is 2.17. The maximum Gasteiger partial charge on any atom is 0.408 e. The van der Waals surface area contributed by atoms with Gasteiger partial charge in [0.25, 0.3) is 5.91 Å². The van der Waals surface area contributed by atoms with Crippen LogP contribution in [-0.4, -0.2) is 36.9 Å². The normalized spacial score (nSPS) is 11.2. The number of esters is 1. The van der Waals surface area contributed by atoms with E-state index < -0.39 is 30.6 Å². The van der Waals surface area contributed by atoms with Gasteiger partial charge in [-0.15, -0.1) is 11.8 Å². The maximum absolute atomic E-state index is 12.7. The van der Waals surface area contributed by atoms with Crippen molar-refractivity contribution in [3.05, 3.63) is 96.1 Å². The largest absolute Gasteiger partial charge is 0.454 e. The van der Waals surface area contributed by atoms with Crippen molar-refractivity contribution in [1.29, 1.82) is 0 Å². The second-order valence-electron chi connectivity index (χ2n) is 7.33. The molecule has 0 aliphatic carbocycles. The first-order valence-electron chi connectivity index (χ1n) is 10.6. The van der Waals surface area contributed by atoms with Crippen LogP contribution in [-0.2, 0) is 32.1 Å². The number of hydrogen-bond donors (Lipinski definition) is 2. The Labute approximate surface area is 202 Å². The molecule has 0 bridgehead atoms. The number of carbonyl (C=O) groups is 3. The van der Waals surface area contributed by atoms with E-state index in [9.17, 15) is 14.4 Å². The molecule has 0 aliphatic rings. The molecule has 0 aliphatic heterocycles. The third-order valence-electron chi connectivity index (χ3n) is 4.79. The second-order valence-corrected chi connectivity index (χ2v) is 8.21. The Bertz CT molecular complexity index is 1080. The van der Waals surface area contributed by atoms with E-state index in [-0.39, 0.29) is 13.0 Å². The summed E-state index contributed by atoms with van der Waals surface area (Å²) < 4.78 is 10.4. The number of thioether (sulfide) groups is 1. The predicted molar refractivity (Wildman–Crippen MR) is 132 cm³/mol. The Morgan fingerprint density at radius 3 is 2.06 bits per heavy atom. The highest BCUT2D eigenvalue weighted by Gasteiger charge is 2.24. The van der Waals surface area contributed by atoms with E-state index in [0.29, 0.717) is 5.69 Å².